The number of benzene rings is 1. The normalized spacial score (nSPS) is 11.3. The van der Waals surface area contributed by atoms with Gasteiger partial charge in [0.15, 0.2) is 0 Å². The molecule has 1 aromatic heterocycles. The van der Waals surface area contributed by atoms with Crippen molar-refractivity contribution in [2.45, 2.75) is 11.8 Å². The molecule has 1 heterocycles. The zero-order chi connectivity index (χ0) is 13.9. The Balaban J connectivity index is 2.19. The maximum Gasteiger partial charge on any atom is 0.261 e. The molecule has 0 unspecified atom stereocenters. The molecule has 0 saturated heterocycles. The van der Waals surface area contributed by atoms with E-state index in [9.17, 15) is 8.42 Å². The van der Waals surface area contributed by atoms with Gasteiger partial charge in [0.1, 0.15) is 0 Å². The van der Waals surface area contributed by atoms with Gasteiger partial charge >= 0.3 is 0 Å². The first-order valence-electron chi connectivity index (χ1n) is 5.86. The average molecular weight is 280 g/mol. The summed E-state index contributed by atoms with van der Waals surface area (Å²) in [7, 11) is -1.84. The van der Waals surface area contributed by atoms with E-state index in [1.54, 1.807) is 37.5 Å². The first-order valence-corrected chi connectivity index (χ1v) is 7.35. The maximum atomic E-state index is 12.1. The molecule has 2 N–H and O–H groups in total. The highest BCUT2D eigenvalue weighted by Gasteiger charge is 2.14. The van der Waals surface area contributed by atoms with E-state index in [0.29, 0.717) is 5.69 Å². The van der Waals surface area contributed by atoms with Crippen molar-refractivity contribution in [2.75, 3.05) is 16.6 Å². The fourth-order valence-electron chi connectivity index (χ4n) is 1.64. The molecule has 19 heavy (non-hydrogen) atoms. The minimum absolute atomic E-state index is 0.220. The molecule has 7 heteroatoms. The summed E-state index contributed by atoms with van der Waals surface area (Å²) < 4.78 is 28.2. The third-order valence-electron chi connectivity index (χ3n) is 2.50. The smallest absolute Gasteiger partial charge is 0.261 e. The van der Waals surface area contributed by atoms with E-state index in [-0.39, 0.29) is 4.90 Å². The second kappa shape index (κ2) is 5.31. The van der Waals surface area contributed by atoms with Crippen molar-refractivity contribution in [3.8, 4) is 0 Å². The number of aromatic nitrogens is 2. The van der Waals surface area contributed by atoms with Crippen LogP contribution < -0.4 is 10.0 Å². The number of hydrogen-bond donors (Lipinski definition) is 2. The Morgan fingerprint density at radius 2 is 1.89 bits per heavy atom. The van der Waals surface area contributed by atoms with Gasteiger partial charge in [-0.2, -0.15) is 5.10 Å². The molecule has 0 atom stereocenters. The van der Waals surface area contributed by atoms with Crippen molar-refractivity contribution >= 4 is 21.4 Å². The zero-order valence-electron chi connectivity index (χ0n) is 10.8. The van der Waals surface area contributed by atoms with Crippen LogP contribution in [-0.4, -0.2) is 24.7 Å². The first kappa shape index (κ1) is 13.4. The molecule has 0 spiro atoms. The van der Waals surface area contributed by atoms with E-state index in [0.717, 1.165) is 12.2 Å². The highest BCUT2D eigenvalue weighted by molar-refractivity contribution is 7.92. The van der Waals surface area contributed by atoms with Gasteiger partial charge in [-0.05, 0) is 31.2 Å². The quantitative estimate of drug-likeness (QED) is 0.873. The van der Waals surface area contributed by atoms with E-state index < -0.39 is 10.0 Å². The summed E-state index contributed by atoms with van der Waals surface area (Å²) in [5.41, 5.74) is 1.33. The molecule has 0 aliphatic heterocycles. The summed E-state index contributed by atoms with van der Waals surface area (Å²) >= 11 is 0. The summed E-state index contributed by atoms with van der Waals surface area (Å²) in [5.74, 6) is 0. The lowest BCUT2D eigenvalue weighted by Gasteiger charge is -2.07. The predicted molar refractivity (Wildman–Crippen MR) is 74.6 cm³/mol. The monoisotopic (exact) mass is 280 g/mol. The topological polar surface area (TPSA) is 76.0 Å². The molecule has 102 valence electrons. The Morgan fingerprint density at radius 3 is 2.42 bits per heavy atom. The van der Waals surface area contributed by atoms with Crippen molar-refractivity contribution < 1.29 is 8.42 Å². The lowest BCUT2D eigenvalue weighted by Crippen LogP contribution is -2.12. The van der Waals surface area contributed by atoms with Crippen LogP contribution in [0.4, 0.5) is 11.4 Å². The summed E-state index contributed by atoms with van der Waals surface area (Å²) in [6, 6.07) is 6.61. The molecule has 0 radical (unpaired) electrons. The highest BCUT2D eigenvalue weighted by Crippen LogP contribution is 2.17. The van der Waals surface area contributed by atoms with Crippen molar-refractivity contribution in [3.05, 3.63) is 36.7 Å². The Kier molecular flexibility index (Phi) is 3.75. The number of nitrogens with one attached hydrogen (secondary N) is 2. The zero-order valence-corrected chi connectivity index (χ0v) is 11.6. The highest BCUT2D eigenvalue weighted by atomic mass is 32.2. The maximum absolute atomic E-state index is 12.1. The molecule has 6 nitrogen and oxygen atoms in total. The van der Waals surface area contributed by atoms with Gasteiger partial charge in [-0.1, -0.05) is 0 Å². The fourth-order valence-corrected chi connectivity index (χ4v) is 2.67. The third kappa shape index (κ3) is 3.25. The third-order valence-corrected chi connectivity index (χ3v) is 3.90. The number of hydrogen-bond acceptors (Lipinski definition) is 4. The Morgan fingerprint density at radius 1 is 1.21 bits per heavy atom. The van der Waals surface area contributed by atoms with Crippen LogP contribution in [0.2, 0.25) is 0 Å². The number of rotatable bonds is 5. The Labute approximate surface area is 112 Å². The average Bonchev–Trinajstić information content (AvgIpc) is 2.75. The van der Waals surface area contributed by atoms with Gasteiger partial charge in [0.2, 0.25) is 0 Å². The number of aryl methyl sites for hydroxylation is 1. The molecular formula is C12H16N4O2S. The van der Waals surface area contributed by atoms with E-state index in [1.807, 2.05) is 6.92 Å². The molecule has 0 fully saturated rings. The second-order valence-corrected chi connectivity index (χ2v) is 5.75. The van der Waals surface area contributed by atoms with Gasteiger partial charge < -0.3 is 5.32 Å². The van der Waals surface area contributed by atoms with Crippen LogP contribution in [0.3, 0.4) is 0 Å². The van der Waals surface area contributed by atoms with Crippen LogP contribution in [0.15, 0.2) is 41.6 Å². The predicted octanol–water partition coefficient (Wildman–Crippen LogP) is 1.65. The number of anilines is 2. The first-order chi connectivity index (χ1) is 9.01. The van der Waals surface area contributed by atoms with Crippen molar-refractivity contribution in [1.29, 1.82) is 0 Å². The second-order valence-electron chi connectivity index (χ2n) is 4.06. The summed E-state index contributed by atoms with van der Waals surface area (Å²) in [4.78, 5) is 0.220. The van der Waals surface area contributed by atoms with E-state index in [4.69, 9.17) is 0 Å². The molecule has 0 aliphatic carbocycles. The minimum atomic E-state index is -3.56. The van der Waals surface area contributed by atoms with Gasteiger partial charge in [0, 0.05) is 25.5 Å². The van der Waals surface area contributed by atoms with Gasteiger partial charge in [-0.25, -0.2) is 8.42 Å². The summed E-state index contributed by atoms with van der Waals surface area (Å²) in [6.07, 6.45) is 3.06. The van der Waals surface area contributed by atoms with E-state index in [1.165, 1.54) is 10.9 Å². The van der Waals surface area contributed by atoms with Crippen LogP contribution in [0.5, 0.6) is 0 Å². The molecule has 1 aromatic carbocycles. The van der Waals surface area contributed by atoms with Crippen LogP contribution in [-0.2, 0) is 17.1 Å². The lowest BCUT2D eigenvalue weighted by molar-refractivity contribution is 0.601. The summed E-state index contributed by atoms with van der Waals surface area (Å²) in [5, 5.41) is 7.02. The van der Waals surface area contributed by atoms with Crippen molar-refractivity contribution in [1.82, 2.24) is 9.78 Å². The van der Waals surface area contributed by atoms with Crippen LogP contribution in [0.1, 0.15) is 6.92 Å². The van der Waals surface area contributed by atoms with Crippen molar-refractivity contribution in [2.24, 2.45) is 7.05 Å². The number of nitrogens with zero attached hydrogens (tertiary/aromatic N) is 2. The van der Waals surface area contributed by atoms with Crippen molar-refractivity contribution in [3.63, 3.8) is 0 Å². The summed E-state index contributed by atoms with van der Waals surface area (Å²) in [6.45, 7) is 2.77. The number of sulfonamides is 1. The standard InChI is InChI=1S/C12H16N4O2S/c1-3-13-10-4-6-12(7-5-10)19(17,18)15-11-8-14-16(2)9-11/h4-9,13,15H,3H2,1-2H3. The van der Waals surface area contributed by atoms with Crippen LogP contribution in [0, 0.1) is 0 Å². The van der Waals surface area contributed by atoms with Crippen LogP contribution in [0.25, 0.3) is 0 Å². The molecule has 0 amide bonds. The van der Waals surface area contributed by atoms with E-state index in [2.05, 4.69) is 15.1 Å². The molecular weight excluding hydrogens is 264 g/mol. The van der Waals surface area contributed by atoms with Gasteiger partial charge in [0.05, 0.1) is 16.8 Å². The molecule has 0 bridgehead atoms. The Bertz CT molecular complexity index is 647. The van der Waals surface area contributed by atoms with Gasteiger partial charge in [0.25, 0.3) is 10.0 Å². The lowest BCUT2D eigenvalue weighted by atomic mass is 10.3. The molecule has 2 rings (SSSR count). The minimum Gasteiger partial charge on any atom is -0.385 e. The fraction of sp³-hybridized carbons (Fsp3) is 0.250. The SMILES string of the molecule is CCNc1ccc(S(=O)(=O)Nc2cnn(C)c2)cc1. The largest absolute Gasteiger partial charge is 0.385 e. The van der Waals surface area contributed by atoms with E-state index >= 15 is 0 Å². The van der Waals surface area contributed by atoms with Gasteiger partial charge in [-0.15, -0.1) is 0 Å². The van der Waals surface area contributed by atoms with Gasteiger partial charge in [-0.3, -0.25) is 9.40 Å². The molecule has 2 aromatic rings. The molecule has 0 aliphatic rings. The molecule has 0 saturated carbocycles. The Hall–Kier alpha value is -2.02. The van der Waals surface area contributed by atoms with Crippen LogP contribution >= 0.6 is 0 Å².